The van der Waals surface area contributed by atoms with Crippen LogP contribution < -0.4 is 0 Å². The molecule has 3 heterocycles. The highest BCUT2D eigenvalue weighted by Crippen LogP contribution is 2.34. The van der Waals surface area contributed by atoms with E-state index in [2.05, 4.69) is 0 Å². The maximum atomic E-state index is 13.0. The van der Waals surface area contributed by atoms with Crippen LogP contribution in [0.2, 0.25) is 0 Å². The highest BCUT2D eigenvalue weighted by molar-refractivity contribution is 5.74. The van der Waals surface area contributed by atoms with Crippen LogP contribution in [0.15, 0.2) is 96.9 Å². The van der Waals surface area contributed by atoms with E-state index in [4.69, 9.17) is 23.7 Å². The van der Waals surface area contributed by atoms with E-state index in [1.807, 2.05) is 61.6 Å². The van der Waals surface area contributed by atoms with Crippen LogP contribution in [0.4, 0.5) is 0 Å². The maximum absolute atomic E-state index is 13.0. The number of carbonyl (C=O) groups excluding carboxylic acids is 2. The van der Waals surface area contributed by atoms with Crippen LogP contribution in [0, 0.1) is 23.7 Å². The first-order valence-electron chi connectivity index (χ1n) is 22.6. The van der Waals surface area contributed by atoms with Gasteiger partial charge in [-0.05, 0) is 39.2 Å². The smallest absolute Gasteiger partial charge is 0.315 e. The summed E-state index contributed by atoms with van der Waals surface area (Å²) < 4.78 is 28.8. The average Bonchev–Trinajstić information content (AvgIpc) is 3.24. The maximum Gasteiger partial charge on any atom is 0.315 e. The Morgan fingerprint density at radius 2 is 1.17 bits per heavy atom. The van der Waals surface area contributed by atoms with E-state index in [1.165, 1.54) is 13.2 Å². The van der Waals surface area contributed by atoms with Crippen LogP contribution in [-0.2, 0) is 33.3 Å². The van der Waals surface area contributed by atoms with E-state index in [9.17, 15) is 55.5 Å². The van der Waals surface area contributed by atoms with E-state index in [1.54, 1.807) is 58.1 Å². The number of allylic oxidation sites excluding steroid dienone is 12. The van der Waals surface area contributed by atoms with Crippen LogP contribution in [0.3, 0.4) is 0 Å². The van der Waals surface area contributed by atoms with E-state index in [-0.39, 0.29) is 50.2 Å². The van der Waals surface area contributed by atoms with Gasteiger partial charge in [-0.3, -0.25) is 9.59 Å². The van der Waals surface area contributed by atoms with Crippen molar-refractivity contribution in [3.05, 3.63) is 96.9 Å². The predicted molar refractivity (Wildman–Crippen MR) is 241 cm³/mol. The monoisotopic (exact) mass is 918 g/mol. The van der Waals surface area contributed by atoms with Crippen molar-refractivity contribution in [2.24, 2.45) is 23.7 Å². The lowest BCUT2D eigenvalue weighted by Crippen LogP contribution is -2.54. The Bertz CT molecular complexity index is 1680. The fourth-order valence-electron chi connectivity index (χ4n) is 7.82. The zero-order valence-corrected chi connectivity index (χ0v) is 38.4. The van der Waals surface area contributed by atoms with Gasteiger partial charge in [-0.25, -0.2) is 0 Å². The molecule has 0 aromatic rings. The summed E-state index contributed by atoms with van der Waals surface area (Å²) in [7, 11) is 1.17. The van der Waals surface area contributed by atoms with Gasteiger partial charge in [0.1, 0.15) is 24.2 Å². The first-order chi connectivity index (χ1) is 30.8. The standard InChI is InChI=1S/C49H74O16/c1-29-19-17-15-13-11-9-7-8-10-12-14-16-18-20-37(65-49-47(59)31(3)46(58)33(5)63-49)28-42-44(48(60)61-6)41(55)27-38(64-42)24-36(52)25-40(54)39(53)22-21-34(50)23-35(51)26-43(56)62-32(4)30(2)45(29)57/h7-20,27,29-37,39-42,44-47,49-55,57-59H,21-26,28H2,1-6H3/b8-7+,11-9+,12-10+,15-13+,16-14+,19-17+,20-18+. The number of aliphatic hydroxyl groups is 9. The Morgan fingerprint density at radius 3 is 1.77 bits per heavy atom. The summed E-state index contributed by atoms with van der Waals surface area (Å²) in [6.07, 6.45) is 9.62. The molecule has 0 radical (unpaired) electrons. The third-order valence-electron chi connectivity index (χ3n) is 12.1. The first-order valence-corrected chi connectivity index (χ1v) is 22.6. The van der Waals surface area contributed by atoms with E-state index < -0.39 is 122 Å². The van der Waals surface area contributed by atoms with Gasteiger partial charge in [0.05, 0.1) is 80.3 Å². The van der Waals surface area contributed by atoms with Gasteiger partial charge in [-0.15, -0.1) is 0 Å². The predicted octanol–water partition coefficient (Wildman–Crippen LogP) is 2.91. The fourth-order valence-corrected chi connectivity index (χ4v) is 7.82. The number of fused-ring (bicyclic) bond motifs is 2. The number of esters is 2. The lowest BCUT2D eigenvalue weighted by molar-refractivity contribution is -0.288. The zero-order chi connectivity index (χ0) is 48.2. The molecule has 366 valence electrons. The second kappa shape index (κ2) is 28.4. The lowest BCUT2D eigenvalue weighted by atomic mass is 9.88. The summed E-state index contributed by atoms with van der Waals surface area (Å²) in [6.45, 7) is 8.59. The molecule has 0 saturated carbocycles. The summed E-state index contributed by atoms with van der Waals surface area (Å²) in [5, 5.41) is 97.1. The molecule has 0 amide bonds. The Kier molecular flexibility index (Phi) is 24.3. The van der Waals surface area contributed by atoms with Gasteiger partial charge in [-0.2, -0.15) is 0 Å². The van der Waals surface area contributed by atoms with Gasteiger partial charge in [0.15, 0.2) is 6.29 Å². The van der Waals surface area contributed by atoms with E-state index in [0.717, 1.165) is 0 Å². The molecule has 9 N–H and O–H groups in total. The van der Waals surface area contributed by atoms with Gasteiger partial charge in [0, 0.05) is 37.0 Å². The zero-order valence-electron chi connectivity index (χ0n) is 38.4. The second-order valence-electron chi connectivity index (χ2n) is 17.4. The molecule has 65 heavy (non-hydrogen) atoms. The number of aliphatic hydroxyl groups excluding tert-OH is 9. The van der Waals surface area contributed by atoms with Gasteiger partial charge in [-0.1, -0.05) is 106 Å². The number of hydrogen-bond acceptors (Lipinski definition) is 16. The van der Waals surface area contributed by atoms with Gasteiger partial charge in [0.2, 0.25) is 0 Å². The molecule has 1 fully saturated rings. The van der Waals surface area contributed by atoms with E-state index in [0.29, 0.717) is 0 Å². The van der Waals surface area contributed by atoms with Crippen molar-refractivity contribution in [2.45, 2.75) is 165 Å². The number of hydrogen-bond donors (Lipinski definition) is 9. The minimum absolute atomic E-state index is 0.0451. The van der Waals surface area contributed by atoms with E-state index >= 15 is 0 Å². The molecule has 18 atom stereocenters. The first kappa shape index (κ1) is 55.5. The summed E-state index contributed by atoms with van der Waals surface area (Å²) in [4.78, 5) is 25.6. The summed E-state index contributed by atoms with van der Waals surface area (Å²) >= 11 is 0. The van der Waals surface area contributed by atoms with Crippen molar-refractivity contribution in [3.63, 3.8) is 0 Å². The third kappa shape index (κ3) is 18.8. The van der Waals surface area contributed by atoms with Crippen LogP contribution in [0.1, 0.15) is 79.6 Å². The molecule has 3 aliphatic heterocycles. The van der Waals surface area contributed by atoms with Crippen LogP contribution in [0.5, 0.6) is 0 Å². The Morgan fingerprint density at radius 1 is 0.600 bits per heavy atom. The molecule has 0 aromatic heterocycles. The Hall–Kier alpha value is -3.78. The number of ether oxygens (including phenoxy) is 5. The summed E-state index contributed by atoms with van der Waals surface area (Å²) in [6, 6.07) is 0. The molecular weight excluding hydrogens is 845 g/mol. The molecule has 2 bridgehead atoms. The van der Waals surface area contributed by atoms with Crippen molar-refractivity contribution in [3.8, 4) is 0 Å². The third-order valence-corrected chi connectivity index (χ3v) is 12.1. The quantitative estimate of drug-likeness (QED) is 0.184. The molecule has 1 saturated heterocycles. The number of rotatable bonds is 3. The molecule has 0 aliphatic carbocycles. The SMILES string of the molecule is COC(=O)C1C(O)C=C2CC(O)CC(O)C(O)CCC(O)CC(O)CC(=O)OC(C)C(C)C(O)C(C)/C=C/C=C/C=C/C=C/C=C/C=C/C=C/C(OC3OC(C)C(O)C(C)C3O)CC1O2. The average molecular weight is 919 g/mol. The second-order valence-corrected chi connectivity index (χ2v) is 17.4. The summed E-state index contributed by atoms with van der Waals surface area (Å²) in [5.74, 6) is -3.88. The molecule has 0 spiro atoms. The summed E-state index contributed by atoms with van der Waals surface area (Å²) in [5.41, 5.74) is 0. The van der Waals surface area contributed by atoms with Crippen molar-refractivity contribution in [1.82, 2.24) is 0 Å². The Labute approximate surface area is 383 Å². The largest absolute Gasteiger partial charge is 0.494 e. The van der Waals surface area contributed by atoms with Gasteiger partial charge in [0.25, 0.3) is 0 Å². The van der Waals surface area contributed by atoms with Crippen LogP contribution >= 0.6 is 0 Å². The van der Waals surface area contributed by atoms with Crippen molar-refractivity contribution in [2.75, 3.05) is 7.11 Å². The van der Waals surface area contributed by atoms with Crippen LogP contribution in [0.25, 0.3) is 0 Å². The normalized spacial score (nSPS) is 42.9. The molecule has 16 nitrogen and oxygen atoms in total. The van der Waals surface area contributed by atoms with Crippen molar-refractivity contribution in [1.29, 1.82) is 0 Å². The van der Waals surface area contributed by atoms with Gasteiger partial charge < -0.3 is 69.6 Å². The topological polar surface area (TPSA) is 262 Å². The number of carbonyl (C=O) groups is 2. The lowest BCUT2D eigenvalue weighted by Gasteiger charge is -2.41. The van der Waals surface area contributed by atoms with Gasteiger partial charge >= 0.3 is 11.9 Å². The molecular formula is C49H74O16. The minimum Gasteiger partial charge on any atom is -0.494 e. The molecule has 16 heteroatoms. The number of cyclic esters (lactones) is 1. The van der Waals surface area contributed by atoms with Crippen LogP contribution in [-0.4, -0.2) is 151 Å². The fraction of sp³-hybridized carbons (Fsp3) is 0.633. The minimum atomic E-state index is -1.45. The molecule has 3 rings (SSSR count). The highest BCUT2D eigenvalue weighted by Gasteiger charge is 2.45. The molecule has 3 aliphatic rings. The molecule has 18 unspecified atom stereocenters. The highest BCUT2D eigenvalue weighted by atomic mass is 16.7. The van der Waals surface area contributed by atoms with Crippen molar-refractivity contribution >= 4 is 11.9 Å². The Balaban J connectivity index is 1.86. The number of methoxy groups -OCH3 is 1. The molecule has 0 aromatic carbocycles. The van der Waals surface area contributed by atoms with Crippen molar-refractivity contribution < 1.29 is 79.2 Å².